The smallest absolute Gasteiger partial charge is 0.0964 e. The highest BCUT2D eigenvalue weighted by atomic mass is 35.5. The quantitative estimate of drug-likeness (QED) is 0.676. The molecule has 88 valence electrons. The van der Waals surface area contributed by atoms with Crippen LogP contribution >= 0.6 is 35.0 Å². The van der Waals surface area contributed by atoms with Gasteiger partial charge >= 0.3 is 0 Å². The van der Waals surface area contributed by atoms with Gasteiger partial charge in [-0.05, 0) is 29.8 Å². The molecule has 0 spiro atoms. The van der Waals surface area contributed by atoms with Crippen LogP contribution in [0.2, 0.25) is 10.0 Å². The van der Waals surface area contributed by atoms with Gasteiger partial charge in [-0.15, -0.1) is 11.8 Å². The van der Waals surface area contributed by atoms with Gasteiger partial charge in [0.1, 0.15) is 0 Å². The van der Waals surface area contributed by atoms with Crippen molar-refractivity contribution in [2.75, 3.05) is 5.73 Å². The van der Waals surface area contributed by atoms with E-state index < -0.39 is 0 Å². The predicted octanol–water partition coefficient (Wildman–Crippen LogP) is 4.26. The minimum Gasteiger partial charge on any atom is -0.398 e. The summed E-state index contributed by atoms with van der Waals surface area (Å²) in [4.78, 5) is 4.20. The van der Waals surface area contributed by atoms with Gasteiger partial charge in [0.15, 0.2) is 0 Å². The normalized spacial score (nSPS) is 10.5. The molecule has 0 saturated carbocycles. The van der Waals surface area contributed by atoms with Crippen LogP contribution in [0.25, 0.3) is 0 Å². The molecule has 5 heteroatoms. The van der Waals surface area contributed by atoms with Crippen LogP contribution in [0.4, 0.5) is 5.69 Å². The van der Waals surface area contributed by atoms with Gasteiger partial charge in [-0.1, -0.05) is 29.3 Å². The molecule has 2 rings (SSSR count). The fraction of sp³-hybridized carbons (Fsp3) is 0.0833. The van der Waals surface area contributed by atoms with Crippen molar-refractivity contribution < 1.29 is 0 Å². The van der Waals surface area contributed by atoms with Gasteiger partial charge in [-0.25, -0.2) is 4.98 Å². The molecule has 2 N–H and O–H groups in total. The molecule has 0 aliphatic rings. The van der Waals surface area contributed by atoms with Crippen molar-refractivity contribution in [3.63, 3.8) is 0 Å². The number of thioether (sulfide) groups is 1. The van der Waals surface area contributed by atoms with E-state index in [0.29, 0.717) is 15.7 Å². The summed E-state index contributed by atoms with van der Waals surface area (Å²) in [6.07, 6.45) is 1.63. The third-order valence-electron chi connectivity index (χ3n) is 2.18. The number of halogens is 2. The van der Waals surface area contributed by atoms with E-state index in [4.69, 9.17) is 28.9 Å². The molecule has 0 amide bonds. The Labute approximate surface area is 114 Å². The Hall–Kier alpha value is -0.900. The van der Waals surface area contributed by atoms with Crippen molar-refractivity contribution in [1.29, 1.82) is 0 Å². The van der Waals surface area contributed by atoms with Crippen molar-refractivity contribution in [1.82, 2.24) is 4.98 Å². The highest BCUT2D eigenvalue weighted by Gasteiger charge is 2.02. The molecule has 2 nitrogen and oxygen atoms in total. The summed E-state index contributed by atoms with van der Waals surface area (Å²) in [5.74, 6) is 0.762. The third-order valence-corrected chi connectivity index (χ3v) is 3.63. The topological polar surface area (TPSA) is 38.9 Å². The Morgan fingerprint density at radius 3 is 2.53 bits per heavy atom. The maximum Gasteiger partial charge on any atom is 0.0964 e. The molecule has 0 saturated heterocycles. The summed E-state index contributed by atoms with van der Waals surface area (Å²) < 4.78 is 0. The second-order valence-corrected chi connectivity index (χ2v) is 5.31. The fourth-order valence-electron chi connectivity index (χ4n) is 1.30. The molecule has 0 aliphatic carbocycles. The van der Waals surface area contributed by atoms with Crippen LogP contribution in [0, 0.1) is 0 Å². The van der Waals surface area contributed by atoms with Crippen LogP contribution in [0.1, 0.15) is 5.56 Å². The second kappa shape index (κ2) is 5.63. The highest BCUT2D eigenvalue weighted by molar-refractivity contribution is 7.98. The maximum absolute atomic E-state index is 5.87. The summed E-state index contributed by atoms with van der Waals surface area (Å²) in [6, 6.07) is 9.23. The molecule has 0 atom stereocenters. The van der Waals surface area contributed by atoms with Crippen LogP contribution in [0.5, 0.6) is 0 Å². The zero-order valence-corrected chi connectivity index (χ0v) is 11.2. The standard InChI is InChI=1S/C12H10Cl2N2S/c13-9-2-1-8(11(15)5-9)7-17-12-4-3-10(14)6-16-12/h1-6H,7,15H2. The predicted molar refractivity (Wildman–Crippen MR) is 74.7 cm³/mol. The van der Waals surface area contributed by atoms with Crippen LogP contribution in [0.3, 0.4) is 0 Å². The van der Waals surface area contributed by atoms with Crippen LogP contribution < -0.4 is 5.73 Å². The highest BCUT2D eigenvalue weighted by Crippen LogP contribution is 2.26. The lowest BCUT2D eigenvalue weighted by atomic mass is 10.2. The molecule has 17 heavy (non-hydrogen) atoms. The Bertz CT molecular complexity index is 514. The number of nitrogens with zero attached hydrogens (tertiary/aromatic N) is 1. The summed E-state index contributed by atoms with van der Waals surface area (Å²) >= 11 is 13.2. The first-order valence-corrected chi connectivity index (χ1v) is 6.67. The lowest BCUT2D eigenvalue weighted by Crippen LogP contribution is -1.92. The van der Waals surface area contributed by atoms with Gasteiger partial charge in [0.05, 0.1) is 10.0 Å². The molecule has 0 radical (unpaired) electrons. The second-order valence-electron chi connectivity index (χ2n) is 3.45. The molecular weight excluding hydrogens is 275 g/mol. The van der Waals surface area contributed by atoms with Gasteiger partial charge < -0.3 is 5.73 Å². The van der Waals surface area contributed by atoms with Gasteiger partial charge in [-0.2, -0.15) is 0 Å². The monoisotopic (exact) mass is 284 g/mol. The number of benzene rings is 1. The van der Waals surface area contributed by atoms with E-state index in [0.717, 1.165) is 16.3 Å². The number of nitrogens with two attached hydrogens (primary N) is 1. The number of hydrogen-bond donors (Lipinski definition) is 1. The number of pyridine rings is 1. The molecule has 1 aromatic carbocycles. The van der Waals surface area contributed by atoms with E-state index in [-0.39, 0.29) is 0 Å². The first-order valence-electron chi connectivity index (χ1n) is 4.93. The zero-order valence-electron chi connectivity index (χ0n) is 8.86. The molecule has 0 unspecified atom stereocenters. The van der Waals surface area contributed by atoms with Crippen molar-refractivity contribution >= 4 is 40.7 Å². The van der Waals surface area contributed by atoms with Crippen molar-refractivity contribution in [2.24, 2.45) is 0 Å². The average molecular weight is 285 g/mol. The lowest BCUT2D eigenvalue weighted by molar-refractivity contribution is 1.13. The minimum absolute atomic E-state index is 0.639. The molecule has 0 bridgehead atoms. The van der Waals surface area contributed by atoms with Gasteiger partial charge in [0.25, 0.3) is 0 Å². The van der Waals surface area contributed by atoms with E-state index in [1.807, 2.05) is 24.3 Å². The maximum atomic E-state index is 5.87. The number of anilines is 1. The average Bonchev–Trinajstić information content (AvgIpc) is 2.30. The summed E-state index contributed by atoms with van der Waals surface area (Å²) in [6.45, 7) is 0. The summed E-state index contributed by atoms with van der Waals surface area (Å²) in [5.41, 5.74) is 7.63. The summed E-state index contributed by atoms with van der Waals surface area (Å²) in [7, 11) is 0. The first kappa shape index (κ1) is 12.6. The van der Waals surface area contributed by atoms with E-state index in [9.17, 15) is 0 Å². The molecule has 0 fully saturated rings. The number of nitrogen functional groups attached to an aromatic ring is 1. The number of rotatable bonds is 3. The van der Waals surface area contributed by atoms with Gasteiger partial charge in [0, 0.05) is 22.7 Å². The van der Waals surface area contributed by atoms with Crippen LogP contribution in [-0.4, -0.2) is 4.98 Å². The van der Waals surface area contributed by atoms with Crippen molar-refractivity contribution in [3.8, 4) is 0 Å². The zero-order chi connectivity index (χ0) is 12.3. The molecular formula is C12H10Cl2N2S. The Morgan fingerprint density at radius 2 is 1.88 bits per heavy atom. The van der Waals surface area contributed by atoms with E-state index in [2.05, 4.69) is 4.98 Å². The van der Waals surface area contributed by atoms with Gasteiger partial charge in [-0.3, -0.25) is 0 Å². The molecule has 2 aromatic rings. The first-order chi connectivity index (χ1) is 8.15. The van der Waals surface area contributed by atoms with Gasteiger partial charge in [0.2, 0.25) is 0 Å². The van der Waals surface area contributed by atoms with Crippen molar-refractivity contribution in [3.05, 3.63) is 52.1 Å². The van der Waals surface area contributed by atoms with E-state index >= 15 is 0 Å². The molecule has 1 aromatic heterocycles. The third kappa shape index (κ3) is 3.53. The van der Waals surface area contributed by atoms with E-state index in [1.165, 1.54) is 0 Å². The summed E-state index contributed by atoms with van der Waals surface area (Å²) in [5, 5.41) is 2.21. The minimum atomic E-state index is 0.639. The number of hydrogen-bond acceptors (Lipinski definition) is 3. The SMILES string of the molecule is Nc1cc(Cl)ccc1CSc1ccc(Cl)cn1. The Kier molecular flexibility index (Phi) is 4.15. The van der Waals surface area contributed by atoms with Crippen LogP contribution in [-0.2, 0) is 5.75 Å². The lowest BCUT2D eigenvalue weighted by Gasteiger charge is -2.05. The fourth-order valence-corrected chi connectivity index (χ4v) is 2.45. The van der Waals surface area contributed by atoms with Crippen molar-refractivity contribution in [2.45, 2.75) is 10.8 Å². The number of aromatic nitrogens is 1. The van der Waals surface area contributed by atoms with Crippen LogP contribution in [0.15, 0.2) is 41.6 Å². The molecule has 1 heterocycles. The Morgan fingerprint density at radius 1 is 1.12 bits per heavy atom. The molecule has 0 aliphatic heterocycles. The van der Waals surface area contributed by atoms with E-state index in [1.54, 1.807) is 24.0 Å². The Balaban J connectivity index is 2.04. The largest absolute Gasteiger partial charge is 0.398 e.